The fourth-order valence-corrected chi connectivity index (χ4v) is 4.33. The summed E-state index contributed by atoms with van der Waals surface area (Å²) in [7, 11) is -1.90. The summed E-state index contributed by atoms with van der Waals surface area (Å²) in [5.74, 6) is 0.439. The predicted octanol–water partition coefficient (Wildman–Crippen LogP) is 3.16. The number of anilines is 1. The number of nitrogens with zero attached hydrogens (tertiary/aromatic N) is 2. The molecule has 1 unspecified atom stereocenters. The van der Waals surface area contributed by atoms with Gasteiger partial charge in [0.05, 0.1) is 25.9 Å². The van der Waals surface area contributed by atoms with Crippen LogP contribution in [-0.2, 0) is 19.1 Å². The van der Waals surface area contributed by atoms with Gasteiger partial charge >= 0.3 is 0 Å². The molecule has 0 bridgehead atoms. The molecule has 0 saturated carbocycles. The first-order valence-corrected chi connectivity index (χ1v) is 12.3. The van der Waals surface area contributed by atoms with E-state index in [1.54, 1.807) is 7.11 Å². The van der Waals surface area contributed by atoms with E-state index in [9.17, 15) is 13.2 Å². The molecule has 1 heterocycles. The summed E-state index contributed by atoms with van der Waals surface area (Å²) in [5, 5.41) is 0. The van der Waals surface area contributed by atoms with Crippen molar-refractivity contribution < 1.29 is 22.1 Å². The third-order valence-corrected chi connectivity index (χ3v) is 6.10. The van der Waals surface area contributed by atoms with Crippen LogP contribution in [0.1, 0.15) is 38.7 Å². The topological polar surface area (TPSA) is 76.1 Å². The summed E-state index contributed by atoms with van der Waals surface area (Å²) in [4.78, 5) is 17.2. The van der Waals surface area contributed by atoms with E-state index in [4.69, 9.17) is 8.92 Å². The van der Waals surface area contributed by atoms with E-state index in [1.165, 1.54) is 0 Å². The fraction of sp³-hybridized carbons (Fsp3) is 0.591. The minimum atomic E-state index is -3.50. The lowest BCUT2D eigenvalue weighted by atomic mass is 9.87. The van der Waals surface area contributed by atoms with E-state index >= 15 is 0 Å². The van der Waals surface area contributed by atoms with Crippen molar-refractivity contribution in [2.24, 2.45) is 5.92 Å². The van der Waals surface area contributed by atoms with Crippen molar-refractivity contribution >= 4 is 27.3 Å². The molecule has 1 aromatic rings. The molecular weight excluding hydrogens is 404 g/mol. The number of hydrogen-bond acceptors (Lipinski definition) is 6. The van der Waals surface area contributed by atoms with Crippen LogP contribution < -0.4 is 9.64 Å². The van der Waals surface area contributed by atoms with Crippen LogP contribution in [0.3, 0.4) is 0 Å². The first-order valence-electron chi connectivity index (χ1n) is 10.5. The number of fused-ring (bicyclic) bond motifs is 1. The fourth-order valence-electron chi connectivity index (χ4n) is 3.96. The van der Waals surface area contributed by atoms with Crippen LogP contribution in [0, 0.1) is 5.92 Å². The van der Waals surface area contributed by atoms with Crippen molar-refractivity contribution in [1.29, 1.82) is 0 Å². The van der Waals surface area contributed by atoms with Crippen LogP contribution in [0.5, 0.6) is 5.75 Å². The SMILES string of the molecule is C=C1c2c(OC)cccc2N(CCOS(C)(=O)=O)CCCCC1C(=O)N(CC)CC. The molecule has 0 N–H and O–H groups in total. The van der Waals surface area contributed by atoms with Gasteiger partial charge in [-0.05, 0) is 44.4 Å². The van der Waals surface area contributed by atoms with Crippen molar-refractivity contribution in [1.82, 2.24) is 4.90 Å². The van der Waals surface area contributed by atoms with Gasteiger partial charge in [-0.15, -0.1) is 0 Å². The summed E-state index contributed by atoms with van der Waals surface area (Å²) >= 11 is 0. The lowest BCUT2D eigenvalue weighted by Crippen LogP contribution is -2.36. The Hall–Kier alpha value is -2.06. The molecule has 1 aromatic carbocycles. The third-order valence-electron chi connectivity index (χ3n) is 5.51. The molecule has 0 aromatic heterocycles. The second-order valence-electron chi connectivity index (χ2n) is 7.45. The van der Waals surface area contributed by atoms with Crippen molar-refractivity contribution in [2.75, 3.05) is 51.1 Å². The van der Waals surface area contributed by atoms with Gasteiger partial charge in [-0.3, -0.25) is 8.98 Å². The third kappa shape index (κ3) is 5.98. The first kappa shape index (κ1) is 24.2. The lowest BCUT2D eigenvalue weighted by molar-refractivity contribution is -0.133. The molecule has 0 aliphatic carbocycles. The molecule has 0 fully saturated rings. The molecule has 30 heavy (non-hydrogen) atoms. The Kier molecular flexibility index (Phi) is 8.73. The number of carbonyl (C=O) groups is 1. The number of amides is 1. The number of hydrogen-bond donors (Lipinski definition) is 0. The molecule has 0 radical (unpaired) electrons. The van der Waals surface area contributed by atoms with Gasteiger partial charge in [0.1, 0.15) is 5.75 Å². The van der Waals surface area contributed by atoms with Gasteiger partial charge in [-0.1, -0.05) is 19.1 Å². The minimum Gasteiger partial charge on any atom is -0.496 e. The van der Waals surface area contributed by atoms with Crippen molar-refractivity contribution in [2.45, 2.75) is 33.1 Å². The number of methoxy groups -OCH3 is 1. The van der Waals surface area contributed by atoms with E-state index in [0.717, 1.165) is 48.9 Å². The maximum Gasteiger partial charge on any atom is 0.264 e. The Morgan fingerprint density at radius 1 is 1.27 bits per heavy atom. The van der Waals surface area contributed by atoms with E-state index < -0.39 is 10.1 Å². The molecular formula is C22H34N2O5S. The van der Waals surface area contributed by atoms with E-state index in [-0.39, 0.29) is 18.4 Å². The van der Waals surface area contributed by atoms with Gasteiger partial charge in [0.15, 0.2) is 0 Å². The molecule has 1 atom stereocenters. The Labute approximate surface area is 180 Å². The highest BCUT2D eigenvalue weighted by Crippen LogP contribution is 2.41. The second-order valence-corrected chi connectivity index (χ2v) is 9.10. The molecule has 8 heteroatoms. The lowest BCUT2D eigenvalue weighted by Gasteiger charge is -2.30. The van der Waals surface area contributed by atoms with Crippen LogP contribution in [-0.4, -0.2) is 65.4 Å². The number of ether oxygens (including phenoxy) is 1. The zero-order valence-corrected chi connectivity index (χ0v) is 19.3. The Bertz CT molecular complexity index is 849. The molecule has 0 spiro atoms. The van der Waals surface area contributed by atoms with Gasteiger partial charge < -0.3 is 14.5 Å². The van der Waals surface area contributed by atoms with Gasteiger partial charge in [-0.25, -0.2) is 0 Å². The van der Waals surface area contributed by atoms with Crippen LogP contribution >= 0.6 is 0 Å². The first-order chi connectivity index (χ1) is 14.2. The van der Waals surface area contributed by atoms with Crippen LogP contribution in [0.15, 0.2) is 24.8 Å². The normalized spacial score (nSPS) is 17.5. The Morgan fingerprint density at radius 2 is 1.97 bits per heavy atom. The summed E-state index contributed by atoms with van der Waals surface area (Å²) in [6.45, 7) is 10.8. The zero-order valence-electron chi connectivity index (χ0n) is 18.5. The van der Waals surface area contributed by atoms with Gasteiger partial charge in [0.2, 0.25) is 5.91 Å². The monoisotopic (exact) mass is 438 g/mol. The molecule has 0 saturated heterocycles. The number of carbonyl (C=O) groups excluding carboxylic acids is 1. The second kappa shape index (κ2) is 10.8. The van der Waals surface area contributed by atoms with Gasteiger partial charge in [0.25, 0.3) is 10.1 Å². The van der Waals surface area contributed by atoms with E-state index in [0.29, 0.717) is 25.4 Å². The molecule has 2 rings (SSSR count). The highest BCUT2D eigenvalue weighted by atomic mass is 32.2. The van der Waals surface area contributed by atoms with Gasteiger partial charge in [0, 0.05) is 37.4 Å². The highest BCUT2D eigenvalue weighted by molar-refractivity contribution is 7.85. The molecule has 168 valence electrons. The van der Waals surface area contributed by atoms with Gasteiger partial charge in [-0.2, -0.15) is 8.42 Å². The number of rotatable bonds is 8. The standard InChI is InChI=1S/C22H34N2O5S/c1-6-23(7-2)22(25)18-11-8-9-14-24(15-16-29-30(5,26)27)19-12-10-13-20(28-4)21(19)17(18)3/h10,12-13,18H,3,6-9,11,14-16H2,1-2,4-5H3. The minimum absolute atomic E-state index is 0.0593. The quantitative estimate of drug-likeness (QED) is 0.581. The highest BCUT2D eigenvalue weighted by Gasteiger charge is 2.31. The predicted molar refractivity (Wildman–Crippen MR) is 120 cm³/mol. The maximum atomic E-state index is 13.2. The van der Waals surface area contributed by atoms with Crippen LogP contribution in [0.25, 0.3) is 5.57 Å². The van der Waals surface area contributed by atoms with Crippen molar-refractivity contribution in [3.8, 4) is 5.75 Å². The molecule has 1 amide bonds. The zero-order chi connectivity index (χ0) is 22.3. The smallest absolute Gasteiger partial charge is 0.264 e. The largest absolute Gasteiger partial charge is 0.496 e. The molecule has 7 nitrogen and oxygen atoms in total. The Balaban J connectivity index is 2.45. The van der Waals surface area contributed by atoms with E-state index in [1.807, 2.05) is 36.9 Å². The average molecular weight is 439 g/mol. The average Bonchev–Trinajstić information content (AvgIpc) is 2.77. The summed E-state index contributed by atoms with van der Waals surface area (Å²) in [6.07, 6.45) is 3.52. The molecule has 1 aliphatic heterocycles. The van der Waals surface area contributed by atoms with Crippen molar-refractivity contribution in [3.05, 3.63) is 30.3 Å². The van der Waals surface area contributed by atoms with E-state index in [2.05, 4.69) is 11.5 Å². The maximum absolute atomic E-state index is 13.2. The summed E-state index contributed by atoms with van der Waals surface area (Å²) in [6, 6.07) is 5.73. The Morgan fingerprint density at radius 3 is 2.57 bits per heavy atom. The van der Waals surface area contributed by atoms with Crippen LogP contribution in [0.2, 0.25) is 0 Å². The number of benzene rings is 1. The summed E-state index contributed by atoms with van der Waals surface area (Å²) < 4.78 is 33.3. The van der Waals surface area contributed by atoms with Crippen LogP contribution in [0.4, 0.5) is 5.69 Å². The summed E-state index contributed by atoms with van der Waals surface area (Å²) in [5.41, 5.74) is 2.44. The molecule has 1 aliphatic rings. The van der Waals surface area contributed by atoms with Crippen molar-refractivity contribution in [3.63, 3.8) is 0 Å².